The van der Waals surface area contributed by atoms with Crippen LogP contribution in [0, 0.1) is 18.8 Å². The number of aryl methyl sites for hydroxylation is 1. The minimum Gasteiger partial charge on any atom is -0.496 e. The molecule has 0 bridgehead atoms. The average molecular weight is 300 g/mol. The molecule has 0 aliphatic rings. The highest BCUT2D eigenvalue weighted by molar-refractivity contribution is 7.10. The Morgan fingerprint density at radius 3 is 2.90 bits per heavy atom. The third-order valence-electron chi connectivity index (χ3n) is 2.83. The largest absolute Gasteiger partial charge is 0.496 e. The van der Waals surface area contributed by atoms with Gasteiger partial charge in [0.25, 0.3) is 5.91 Å². The van der Waals surface area contributed by atoms with Crippen molar-refractivity contribution in [1.82, 2.24) is 0 Å². The summed E-state index contributed by atoms with van der Waals surface area (Å²) in [6.07, 6.45) is 0. The van der Waals surface area contributed by atoms with Gasteiger partial charge < -0.3 is 15.8 Å². The van der Waals surface area contributed by atoms with Crippen molar-refractivity contribution in [1.29, 1.82) is 0 Å². The first kappa shape index (κ1) is 15.1. The molecule has 0 fully saturated rings. The topological polar surface area (TPSA) is 64.3 Å². The van der Waals surface area contributed by atoms with E-state index >= 15 is 0 Å². The highest BCUT2D eigenvalue weighted by atomic mass is 32.1. The lowest BCUT2D eigenvalue weighted by molar-refractivity contribution is 0.102. The first-order chi connectivity index (χ1) is 10.1. The molecule has 0 atom stereocenters. The Bertz CT molecular complexity index is 711. The fourth-order valence-electron chi connectivity index (χ4n) is 1.82. The minimum atomic E-state index is -0.156. The normalized spacial score (nSPS) is 9.67. The molecule has 2 aromatic rings. The molecule has 0 spiro atoms. The van der Waals surface area contributed by atoms with Crippen molar-refractivity contribution in [2.45, 2.75) is 6.92 Å². The SMILES string of the molecule is COc1ccc(NC(=O)c2csc(C#CCN)c2)cc1C. The van der Waals surface area contributed by atoms with E-state index in [-0.39, 0.29) is 5.91 Å². The van der Waals surface area contributed by atoms with E-state index in [1.165, 1.54) is 11.3 Å². The molecular weight excluding hydrogens is 284 g/mol. The van der Waals surface area contributed by atoms with Crippen LogP contribution in [0.25, 0.3) is 0 Å². The van der Waals surface area contributed by atoms with Gasteiger partial charge in [0.05, 0.1) is 24.1 Å². The van der Waals surface area contributed by atoms with Crippen molar-refractivity contribution in [2.75, 3.05) is 19.0 Å². The molecule has 108 valence electrons. The summed E-state index contributed by atoms with van der Waals surface area (Å²) >= 11 is 1.43. The van der Waals surface area contributed by atoms with Crippen LogP contribution in [-0.2, 0) is 0 Å². The number of benzene rings is 1. The summed E-state index contributed by atoms with van der Waals surface area (Å²) in [5.74, 6) is 6.32. The molecule has 0 saturated carbocycles. The van der Waals surface area contributed by atoms with Gasteiger partial charge >= 0.3 is 0 Å². The van der Waals surface area contributed by atoms with Crippen molar-refractivity contribution in [3.8, 4) is 17.6 Å². The van der Waals surface area contributed by atoms with Crippen LogP contribution in [0.5, 0.6) is 5.75 Å². The number of amides is 1. The molecule has 0 aliphatic carbocycles. The Morgan fingerprint density at radius 2 is 2.24 bits per heavy atom. The second-order valence-corrected chi connectivity index (χ2v) is 5.26. The summed E-state index contributed by atoms with van der Waals surface area (Å²) in [7, 11) is 1.62. The summed E-state index contributed by atoms with van der Waals surface area (Å²) in [4.78, 5) is 13.0. The number of rotatable bonds is 3. The molecule has 2 rings (SSSR count). The summed E-state index contributed by atoms with van der Waals surface area (Å²) in [6.45, 7) is 2.24. The molecule has 1 aromatic carbocycles. The van der Waals surface area contributed by atoms with Crippen LogP contribution in [0.4, 0.5) is 5.69 Å². The monoisotopic (exact) mass is 300 g/mol. The maximum absolute atomic E-state index is 12.2. The standard InChI is InChI=1S/C16H16N2O2S/c1-11-8-13(5-6-15(11)20-2)18-16(19)12-9-14(21-10-12)4-3-7-17/h5-6,8-10H,7,17H2,1-2H3,(H,18,19). The molecule has 0 aliphatic heterocycles. The molecule has 21 heavy (non-hydrogen) atoms. The van der Waals surface area contributed by atoms with Crippen molar-refractivity contribution in [3.63, 3.8) is 0 Å². The van der Waals surface area contributed by atoms with Crippen molar-refractivity contribution in [3.05, 3.63) is 45.6 Å². The number of carbonyl (C=O) groups is 1. The third kappa shape index (κ3) is 3.85. The van der Waals surface area contributed by atoms with Crippen LogP contribution in [0.15, 0.2) is 29.6 Å². The number of anilines is 1. The van der Waals surface area contributed by atoms with Crippen molar-refractivity contribution < 1.29 is 9.53 Å². The number of hydrogen-bond donors (Lipinski definition) is 2. The first-order valence-electron chi connectivity index (χ1n) is 6.37. The van der Waals surface area contributed by atoms with Gasteiger partial charge in [-0.15, -0.1) is 11.3 Å². The van der Waals surface area contributed by atoms with Crippen molar-refractivity contribution >= 4 is 22.9 Å². The average Bonchev–Trinajstić information content (AvgIpc) is 2.94. The Hall–Kier alpha value is -2.29. The molecule has 1 aromatic heterocycles. The van der Waals surface area contributed by atoms with Crippen LogP contribution in [0.1, 0.15) is 20.8 Å². The molecule has 3 N–H and O–H groups in total. The van der Waals surface area contributed by atoms with Gasteiger partial charge in [0.15, 0.2) is 0 Å². The third-order valence-corrected chi connectivity index (χ3v) is 3.67. The molecule has 1 heterocycles. The van der Waals surface area contributed by atoms with E-state index in [0.29, 0.717) is 12.1 Å². The van der Waals surface area contributed by atoms with Crippen LogP contribution in [0.3, 0.4) is 0 Å². The fraction of sp³-hybridized carbons (Fsp3) is 0.188. The number of ether oxygens (including phenoxy) is 1. The van der Waals surface area contributed by atoms with Gasteiger partial charge in [-0.25, -0.2) is 0 Å². The maximum Gasteiger partial charge on any atom is 0.256 e. The van der Waals surface area contributed by atoms with Crippen LogP contribution in [-0.4, -0.2) is 19.6 Å². The van der Waals surface area contributed by atoms with Crippen LogP contribution >= 0.6 is 11.3 Å². The molecular formula is C16H16N2O2S. The number of nitrogens with one attached hydrogen (secondary N) is 1. The lowest BCUT2D eigenvalue weighted by Crippen LogP contribution is -2.10. The minimum absolute atomic E-state index is 0.156. The van der Waals surface area contributed by atoms with Gasteiger partial charge in [0.1, 0.15) is 5.75 Å². The summed E-state index contributed by atoms with van der Waals surface area (Å²) in [5.41, 5.74) is 7.62. The van der Waals surface area contributed by atoms with E-state index in [1.54, 1.807) is 18.6 Å². The summed E-state index contributed by atoms with van der Waals surface area (Å²) < 4.78 is 5.19. The molecule has 4 nitrogen and oxygen atoms in total. The molecule has 0 radical (unpaired) electrons. The smallest absolute Gasteiger partial charge is 0.256 e. The highest BCUT2D eigenvalue weighted by Crippen LogP contribution is 2.22. The lowest BCUT2D eigenvalue weighted by atomic mass is 10.2. The number of methoxy groups -OCH3 is 1. The zero-order valence-corrected chi connectivity index (χ0v) is 12.7. The van der Waals surface area contributed by atoms with E-state index in [4.69, 9.17) is 10.5 Å². The quantitative estimate of drug-likeness (QED) is 0.856. The van der Waals surface area contributed by atoms with Crippen LogP contribution < -0.4 is 15.8 Å². The predicted octanol–water partition coefficient (Wildman–Crippen LogP) is 2.63. The molecule has 0 unspecified atom stereocenters. The van der Waals surface area contributed by atoms with Gasteiger partial charge in [0.2, 0.25) is 0 Å². The zero-order valence-electron chi connectivity index (χ0n) is 11.9. The maximum atomic E-state index is 12.2. The Labute approximate surface area is 127 Å². The summed E-state index contributed by atoms with van der Waals surface area (Å²) in [6, 6.07) is 7.28. The first-order valence-corrected chi connectivity index (χ1v) is 7.25. The second kappa shape index (κ2) is 6.93. The number of nitrogens with two attached hydrogens (primary N) is 1. The van der Waals surface area contributed by atoms with Gasteiger partial charge in [-0.3, -0.25) is 4.79 Å². The van der Waals surface area contributed by atoms with Gasteiger partial charge in [-0.05, 0) is 36.8 Å². The zero-order chi connectivity index (χ0) is 15.2. The van der Waals surface area contributed by atoms with E-state index in [9.17, 15) is 4.79 Å². The molecule has 5 heteroatoms. The van der Waals surface area contributed by atoms with E-state index in [2.05, 4.69) is 17.2 Å². The van der Waals surface area contributed by atoms with Gasteiger partial charge in [-0.2, -0.15) is 0 Å². The van der Waals surface area contributed by atoms with E-state index < -0.39 is 0 Å². The van der Waals surface area contributed by atoms with Crippen LogP contribution in [0.2, 0.25) is 0 Å². The Balaban J connectivity index is 2.10. The van der Waals surface area contributed by atoms with Gasteiger partial charge in [0, 0.05) is 11.1 Å². The Morgan fingerprint density at radius 1 is 1.43 bits per heavy atom. The molecule has 0 saturated heterocycles. The highest BCUT2D eigenvalue weighted by Gasteiger charge is 2.09. The second-order valence-electron chi connectivity index (χ2n) is 4.34. The van der Waals surface area contributed by atoms with Crippen molar-refractivity contribution in [2.24, 2.45) is 5.73 Å². The summed E-state index contributed by atoms with van der Waals surface area (Å²) in [5, 5.41) is 4.64. The Kier molecular flexibility index (Phi) is 4.99. The predicted molar refractivity (Wildman–Crippen MR) is 85.9 cm³/mol. The number of hydrogen-bond acceptors (Lipinski definition) is 4. The lowest BCUT2D eigenvalue weighted by Gasteiger charge is -2.08. The van der Waals surface area contributed by atoms with Gasteiger partial charge in [-0.1, -0.05) is 11.8 Å². The van der Waals surface area contributed by atoms with E-state index in [1.807, 2.05) is 25.1 Å². The fourth-order valence-corrected chi connectivity index (χ4v) is 2.57. The number of thiophene rings is 1. The number of carbonyl (C=O) groups excluding carboxylic acids is 1. The molecule has 1 amide bonds. The van der Waals surface area contributed by atoms with E-state index in [0.717, 1.165) is 21.9 Å².